The van der Waals surface area contributed by atoms with Crippen molar-refractivity contribution in [1.29, 1.82) is 0 Å². The minimum atomic E-state index is -1.37. The maximum absolute atomic E-state index is 14.9. The van der Waals surface area contributed by atoms with Crippen molar-refractivity contribution in [3.05, 3.63) is 136 Å². The number of aliphatic hydroxyl groups is 1. The fraction of sp³-hybridized carbons (Fsp3) is 0.380. The van der Waals surface area contributed by atoms with Gasteiger partial charge in [-0.3, -0.25) is 19.2 Å². The summed E-state index contributed by atoms with van der Waals surface area (Å²) in [7, 11) is 5.97. The molecule has 342 valence electrons. The first kappa shape index (κ1) is 47.2. The molecule has 5 atom stereocenters. The van der Waals surface area contributed by atoms with Crippen LogP contribution in [0.3, 0.4) is 0 Å². The lowest BCUT2D eigenvalue weighted by Crippen LogP contribution is -2.66. The highest BCUT2D eigenvalue weighted by molar-refractivity contribution is 6.31. The molecule has 4 amide bonds. The van der Waals surface area contributed by atoms with Gasteiger partial charge >= 0.3 is 0 Å². The maximum atomic E-state index is 14.9. The van der Waals surface area contributed by atoms with Gasteiger partial charge in [0, 0.05) is 47.7 Å². The number of amides is 4. The SMILES string of the molecule is CC(O)[C@@H]1NC(=O)[C@H](C)N(Cc2ccc(Cl)cc2Oc2ccc(-c3cnc(CN(C)C)n3C)cc2)C(=O)C[C@@H](Cc2ccccc2)C(=O)N2CCC[C@@](Cc3ccc(Cl)cc3)(C2)NC1=O. The van der Waals surface area contributed by atoms with Gasteiger partial charge in [-0.2, -0.15) is 0 Å². The molecule has 1 unspecified atom stereocenters. The number of ether oxygens (including phenoxy) is 1. The van der Waals surface area contributed by atoms with E-state index in [2.05, 4.69) is 25.1 Å². The van der Waals surface area contributed by atoms with Gasteiger partial charge in [-0.15, -0.1) is 0 Å². The number of benzene rings is 4. The molecule has 3 N–H and O–H groups in total. The molecule has 15 heteroatoms. The Bertz CT molecular complexity index is 2480. The highest BCUT2D eigenvalue weighted by atomic mass is 35.5. The number of hydrogen-bond donors (Lipinski definition) is 3. The van der Waals surface area contributed by atoms with E-state index >= 15 is 0 Å². The Labute approximate surface area is 390 Å². The van der Waals surface area contributed by atoms with E-state index < -0.39 is 47.4 Å². The van der Waals surface area contributed by atoms with Crippen molar-refractivity contribution >= 4 is 46.8 Å². The molecule has 4 aromatic carbocycles. The summed E-state index contributed by atoms with van der Waals surface area (Å²) >= 11 is 12.8. The van der Waals surface area contributed by atoms with Crippen LogP contribution < -0.4 is 15.4 Å². The number of hydrogen-bond acceptors (Lipinski definition) is 8. The standard InChI is InChI=1S/C50H57Cl2N7O6/c1-32-47(62)54-46(33(2)60)48(63)55-50(27-35-12-17-39(51)18-13-35)22-9-23-58(31-50)49(64)38(24-34-10-7-6-8-11-34)25-45(61)59(32)29-37-14-19-40(52)26-43(37)65-41-20-15-36(16-21-41)42-28-53-44(57(42)5)30-56(3)4/h6-8,10-21,26,28,32-33,38,46,60H,9,22-25,27,29-31H2,1-5H3,(H,54,62)(H,55,63)/t32-,33?,38+,46-,50+/m0/s1. The smallest absolute Gasteiger partial charge is 0.245 e. The predicted octanol–water partition coefficient (Wildman–Crippen LogP) is 6.81. The van der Waals surface area contributed by atoms with Gasteiger partial charge in [-0.25, -0.2) is 4.98 Å². The average molecular weight is 923 g/mol. The molecule has 7 rings (SSSR count). The lowest BCUT2D eigenvalue weighted by molar-refractivity contribution is -0.148. The summed E-state index contributed by atoms with van der Waals surface area (Å²) in [5.74, 6) is -0.921. The summed E-state index contributed by atoms with van der Waals surface area (Å²) in [5.41, 5.74) is 3.27. The molecule has 13 nitrogen and oxygen atoms in total. The third kappa shape index (κ3) is 11.6. The highest BCUT2D eigenvalue weighted by Gasteiger charge is 2.43. The molecular weight excluding hydrogens is 865 g/mol. The molecule has 0 aliphatic carbocycles. The molecular formula is C50H57Cl2N7O6. The molecule has 3 heterocycles. The van der Waals surface area contributed by atoms with Crippen molar-refractivity contribution in [1.82, 2.24) is 34.9 Å². The highest BCUT2D eigenvalue weighted by Crippen LogP contribution is 2.34. The number of halogens is 2. The van der Waals surface area contributed by atoms with Crippen molar-refractivity contribution in [2.45, 2.75) is 82.8 Å². The predicted molar refractivity (Wildman–Crippen MR) is 251 cm³/mol. The Morgan fingerprint density at radius 3 is 2.32 bits per heavy atom. The van der Waals surface area contributed by atoms with E-state index in [9.17, 15) is 24.3 Å². The van der Waals surface area contributed by atoms with E-state index in [1.54, 1.807) is 42.2 Å². The molecule has 1 aromatic heterocycles. The monoisotopic (exact) mass is 921 g/mol. The largest absolute Gasteiger partial charge is 0.457 e. The van der Waals surface area contributed by atoms with Crippen LogP contribution in [0.2, 0.25) is 10.0 Å². The zero-order valence-corrected chi connectivity index (χ0v) is 39.0. The van der Waals surface area contributed by atoms with Crippen LogP contribution in [0.15, 0.2) is 103 Å². The Kier molecular flexibility index (Phi) is 15.0. The van der Waals surface area contributed by atoms with Crippen molar-refractivity contribution < 1.29 is 29.0 Å². The fourth-order valence-corrected chi connectivity index (χ4v) is 9.13. The van der Waals surface area contributed by atoms with Crippen LogP contribution >= 0.6 is 23.2 Å². The lowest BCUT2D eigenvalue weighted by atomic mass is 9.81. The number of fused-ring (bicyclic) bond motifs is 2. The van der Waals surface area contributed by atoms with Gasteiger partial charge in [-0.05, 0) is 113 Å². The van der Waals surface area contributed by atoms with Crippen LogP contribution in [0.4, 0.5) is 0 Å². The van der Waals surface area contributed by atoms with Crippen molar-refractivity contribution in [2.24, 2.45) is 13.0 Å². The molecule has 2 saturated heterocycles. The Balaban J connectivity index is 1.22. The molecule has 2 aliphatic heterocycles. The molecule has 5 aromatic rings. The maximum Gasteiger partial charge on any atom is 0.245 e. The van der Waals surface area contributed by atoms with Crippen molar-refractivity contribution in [3.63, 3.8) is 0 Å². The Morgan fingerprint density at radius 1 is 0.923 bits per heavy atom. The van der Waals surface area contributed by atoms with E-state index in [4.69, 9.17) is 27.9 Å². The lowest BCUT2D eigenvalue weighted by Gasteiger charge is -2.45. The number of aromatic nitrogens is 2. The van der Waals surface area contributed by atoms with Gasteiger partial charge in [0.25, 0.3) is 0 Å². The van der Waals surface area contributed by atoms with Gasteiger partial charge in [0.2, 0.25) is 23.6 Å². The summed E-state index contributed by atoms with van der Waals surface area (Å²) in [4.78, 5) is 68.3. The van der Waals surface area contributed by atoms with Crippen LogP contribution in [-0.2, 0) is 52.2 Å². The normalized spacial score (nSPS) is 21.5. The minimum Gasteiger partial charge on any atom is -0.457 e. The quantitative estimate of drug-likeness (QED) is 0.124. The average Bonchev–Trinajstić information content (AvgIpc) is 3.63. The topological polar surface area (TPSA) is 149 Å². The van der Waals surface area contributed by atoms with E-state index in [-0.39, 0.29) is 31.8 Å². The second kappa shape index (κ2) is 20.6. The second-order valence-electron chi connectivity index (χ2n) is 17.7. The van der Waals surface area contributed by atoms with E-state index in [0.29, 0.717) is 59.5 Å². The number of carbonyl (C=O) groups excluding carboxylic acids is 4. The van der Waals surface area contributed by atoms with Crippen molar-refractivity contribution in [3.8, 4) is 22.8 Å². The van der Waals surface area contributed by atoms with E-state index in [1.165, 1.54) is 11.8 Å². The van der Waals surface area contributed by atoms with Gasteiger partial charge in [0.1, 0.15) is 29.4 Å². The molecule has 2 bridgehead atoms. The third-order valence-corrected chi connectivity index (χ3v) is 12.8. The molecule has 65 heavy (non-hydrogen) atoms. The van der Waals surface area contributed by atoms with Crippen LogP contribution in [0.5, 0.6) is 11.5 Å². The minimum absolute atomic E-state index is 0.104. The summed E-state index contributed by atoms with van der Waals surface area (Å²) in [6, 6.07) is 27.0. The molecule has 0 radical (unpaired) electrons. The van der Waals surface area contributed by atoms with Crippen molar-refractivity contribution in [2.75, 3.05) is 27.2 Å². The van der Waals surface area contributed by atoms with E-state index in [1.807, 2.05) is 94.1 Å². The molecule has 2 fully saturated rings. The van der Waals surface area contributed by atoms with Gasteiger partial charge in [-0.1, -0.05) is 71.7 Å². The number of nitrogens with one attached hydrogen (secondary N) is 2. The number of nitrogens with zero attached hydrogens (tertiary/aromatic N) is 5. The van der Waals surface area contributed by atoms with Gasteiger partial charge in [0.15, 0.2) is 0 Å². The number of imidazole rings is 1. The van der Waals surface area contributed by atoms with Crippen LogP contribution in [-0.4, -0.2) is 104 Å². The zero-order valence-electron chi connectivity index (χ0n) is 37.5. The number of aliphatic hydroxyl groups excluding tert-OH is 1. The van der Waals surface area contributed by atoms with E-state index in [0.717, 1.165) is 28.2 Å². The van der Waals surface area contributed by atoms with Crippen LogP contribution in [0.25, 0.3) is 11.3 Å². The Morgan fingerprint density at radius 2 is 1.63 bits per heavy atom. The van der Waals surface area contributed by atoms with Crippen LogP contribution in [0.1, 0.15) is 55.6 Å². The summed E-state index contributed by atoms with van der Waals surface area (Å²) in [6.45, 7) is 4.18. The first-order chi connectivity index (χ1) is 31.1. The molecule has 0 saturated carbocycles. The second-order valence-corrected chi connectivity index (χ2v) is 18.6. The zero-order chi connectivity index (χ0) is 46.4. The number of carbonyl (C=O) groups is 4. The number of piperidine rings is 1. The summed E-state index contributed by atoms with van der Waals surface area (Å²) in [5, 5.41) is 17.9. The summed E-state index contributed by atoms with van der Waals surface area (Å²) < 4.78 is 8.51. The fourth-order valence-electron chi connectivity index (χ4n) is 8.84. The third-order valence-electron chi connectivity index (χ3n) is 12.3. The van der Waals surface area contributed by atoms with Crippen LogP contribution in [0, 0.1) is 5.92 Å². The first-order valence-electron chi connectivity index (χ1n) is 22.0. The molecule has 2 aliphatic rings. The number of rotatable bonds is 12. The first-order valence-corrected chi connectivity index (χ1v) is 22.7. The van der Waals surface area contributed by atoms with Gasteiger partial charge in [0.05, 0.1) is 42.5 Å². The Hall–Kier alpha value is -5.73. The molecule has 0 spiro atoms. The summed E-state index contributed by atoms with van der Waals surface area (Å²) in [6.07, 6.45) is 2.10. The van der Waals surface area contributed by atoms with Gasteiger partial charge < -0.3 is 39.7 Å².